The molecule has 1 heterocycles. The van der Waals surface area contributed by atoms with Crippen molar-refractivity contribution in [2.24, 2.45) is 11.8 Å². The van der Waals surface area contributed by atoms with Crippen LogP contribution >= 0.6 is 0 Å². The highest BCUT2D eigenvalue weighted by Crippen LogP contribution is 2.30. The Morgan fingerprint density at radius 2 is 1.89 bits per heavy atom. The van der Waals surface area contributed by atoms with E-state index in [-0.39, 0.29) is 23.9 Å². The first kappa shape index (κ1) is 22.1. The van der Waals surface area contributed by atoms with Gasteiger partial charge in [-0.05, 0) is 70.6 Å². The summed E-state index contributed by atoms with van der Waals surface area (Å²) in [6.07, 6.45) is 1.83. The van der Waals surface area contributed by atoms with Crippen molar-refractivity contribution in [2.45, 2.75) is 52.6 Å². The molecule has 6 nitrogen and oxygen atoms in total. The third kappa shape index (κ3) is 6.43. The van der Waals surface area contributed by atoms with E-state index in [1.807, 2.05) is 52.0 Å². The van der Waals surface area contributed by atoms with Crippen LogP contribution in [0.4, 0.5) is 4.79 Å². The number of carbonyl (C=O) groups excluding carboxylic acids is 2. The summed E-state index contributed by atoms with van der Waals surface area (Å²) in [6.45, 7) is 8.96. The quantitative estimate of drug-likeness (QED) is 0.684. The topological polar surface area (TPSA) is 65.1 Å². The summed E-state index contributed by atoms with van der Waals surface area (Å²) in [6, 6.07) is 7.79. The van der Waals surface area contributed by atoms with Gasteiger partial charge in [0.05, 0.1) is 19.6 Å². The van der Waals surface area contributed by atoms with E-state index in [1.165, 1.54) is 0 Å². The van der Waals surface area contributed by atoms with Crippen LogP contribution in [0.1, 0.15) is 46.1 Å². The van der Waals surface area contributed by atoms with Crippen LogP contribution < -0.4 is 4.74 Å². The maximum Gasteiger partial charge on any atom is 0.410 e. The molecule has 1 aliphatic heterocycles. The lowest BCUT2D eigenvalue weighted by atomic mass is 9.80. The van der Waals surface area contributed by atoms with Gasteiger partial charge in [-0.1, -0.05) is 12.1 Å². The van der Waals surface area contributed by atoms with E-state index in [9.17, 15) is 9.59 Å². The molecule has 1 saturated heterocycles. The molecule has 0 bridgehead atoms. The summed E-state index contributed by atoms with van der Waals surface area (Å²) in [5, 5.41) is 0. The van der Waals surface area contributed by atoms with E-state index in [2.05, 4.69) is 0 Å². The number of amides is 1. The second-order valence-corrected chi connectivity index (χ2v) is 8.22. The zero-order valence-electron chi connectivity index (χ0n) is 17.7. The van der Waals surface area contributed by atoms with Gasteiger partial charge in [0, 0.05) is 13.1 Å². The normalized spacial score (nSPS) is 16.4. The molecule has 0 radical (unpaired) electrons. The Labute approximate surface area is 168 Å². The zero-order valence-corrected chi connectivity index (χ0v) is 17.7. The van der Waals surface area contributed by atoms with Crippen molar-refractivity contribution in [3.63, 3.8) is 0 Å². The summed E-state index contributed by atoms with van der Waals surface area (Å²) < 4.78 is 16.1. The molecule has 6 heteroatoms. The molecule has 1 aromatic carbocycles. The fourth-order valence-electron chi connectivity index (χ4n) is 3.56. The Kier molecular flexibility index (Phi) is 7.72. The summed E-state index contributed by atoms with van der Waals surface area (Å²) in [7, 11) is 1.63. The molecule has 1 unspecified atom stereocenters. The monoisotopic (exact) mass is 391 g/mol. The lowest BCUT2D eigenvalue weighted by Crippen LogP contribution is -2.44. The van der Waals surface area contributed by atoms with Gasteiger partial charge in [-0.2, -0.15) is 0 Å². The van der Waals surface area contributed by atoms with Gasteiger partial charge < -0.3 is 19.1 Å². The first-order valence-electron chi connectivity index (χ1n) is 10.0. The Bertz CT molecular complexity index is 659. The number of nitrogens with zero attached hydrogens (tertiary/aromatic N) is 1. The van der Waals surface area contributed by atoms with Crippen LogP contribution in [0.25, 0.3) is 0 Å². The van der Waals surface area contributed by atoms with Crippen LogP contribution in [-0.2, 0) is 20.7 Å². The molecule has 1 atom stereocenters. The van der Waals surface area contributed by atoms with Crippen molar-refractivity contribution in [2.75, 3.05) is 26.8 Å². The van der Waals surface area contributed by atoms with Crippen LogP contribution in [0.5, 0.6) is 5.75 Å². The highest BCUT2D eigenvalue weighted by atomic mass is 16.6. The molecule has 156 valence electrons. The van der Waals surface area contributed by atoms with Crippen molar-refractivity contribution >= 4 is 12.1 Å². The number of hydrogen-bond acceptors (Lipinski definition) is 5. The minimum absolute atomic E-state index is 0.166. The number of ether oxygens (including phenoxy) is 3. The van der Waals surface area contributed by atoms with Gasteiger partial charge in [0.25, 0.3) is 0 Å². The maximum absolute atomic E-state index is 12.6. The number of likely N-dealkylation sites (tertiary alicyclic amines) is 1. The lowest BCUT2D eigenvalue weighted by Gasteiger charge is -2.36. The van der Waals surface area contributed by atoms with Crippen molar-refractivity contribution < 1.29 is 23.8 Å². The number of hydrogen-bond donors (Lipinski definition) is 0. The minimum Gasteiger partial charge on any atom is -0.497 e. The van der Waals surface area contributed by atoms with E-state index in [4.69, 9.17) is 14.2 Å². The minimum atomic E-state index is -0.506. The van der Waals surface area contributed by atoms with E-state index in [1.54, 1.807) is 12.0 Å². The molecule has 0 aromatic heterocycles. The van der Waals surface area contributed by atoms with Gasteiger partial charge in [-0.15, -0.1) is 0 Å². The number of rotatable bonds is 6. The molecule has 2 rings (SSSR count). The van der Waals surface area contributed by atoms with Gasteiger partial charge >= 0.3 is 12.1 Å². The number of methoxy groups -OCH3 is 1. The van der Waals surface area contributed by atoms with Gasteiger partial charge in [0.1, 0.15) is 11.4 Å². The second kappa shape index (κ2) is 9.80. The fourth-order valence-corrected chi connectivity index (χ4v) is 3.56. The second-order valence-electron chi connectivity index (χ2n) is 8.22. The van der Waals surface area contributed by atoms with E-state index >= 15 is 0 Å². The van der Waals surface area contributed by atoms with E-state index in [0.717, 1.165) is 24.2 Å². The first-order valence-corrected chi connectivity index (χ1v) is 10.0. The van der Waals surface area contributed by atoms with Crippen molar-refractivity contribution in [1.29, 1.82) is 0 Å². The molecule has 1 amide bonds. The standard InChI is InChI=1S/C22H33NO5/c1-6-27-20(24)19(15-16-8-7-9-18(14-16)26-5)17-10-12-23(13-11-17)21(25)28-22(2,3)4/h7-9,14,17,19H,6,10-13,15H2,1-5H3. The predicted molar refractivity (Wildman–Crippen MR) is 107 cm³/mol. The van der Waals surface area contributed by atoms with E-state index in [0.29, 0.717) is 26.1 Å². The lowest BCUT2D eigenvalue weighted by molar-refractivity contribution is -0.150. The summed E-state index contributed by atoms with van der Waals surface area (Å²) >= 11 is 0. The van der Waals surface area contributed by atoms with Gasteiger partial charge in [0.2, 0.25) is 0 Å². The summed E-state index contributed by atoms with van der Waals surface area (Å²) in [4.78, 5) is 26.7. The molecule has 0 spiro atoms. The number of benzene rings is 1. The molecule has 1 aliphatic rings. The fraction of sp³-hybridized carbons (Fsp3) is 0.636. The van der Waals surface area contributed by atoms with Crippen LogP contribution in [0.15, 0.2) is 24.3 Å². The number of carbonyl (C=O) groups is 2. The predicted octanol–water partition coefficient (Wildman–Crippen LogP) is 4.06. The third-order valence-corrected chi connectivity index (χ3v) is 4.94. The van der Waals surface area contributed by atoms with Crippen LogP contribution in [0.3, 0.4) is 0 Å². The zero-order chi connectivity index (χ0) is 20.7. The molecule has 1 aromatic rings. The Hall–Kier alpha value is -2.24. The number of esters is 1. The van der Waals surface area contributed by atoms with E-state index < -0.39 is 5.60 Å². The average Bonchev–Trinajstić information content (AvgIpc) is 2.65. The first-order chi connectivity index (χ1) is 13.2. The summed E-state index contributed by atoms with van der Waals surface area (Å²) in [5.41, 5.74) is 0.542. The largest absolute Gasteiger partial charge is 0.497 e. The molecule has 0 aliphatic carbocycles. The van der Waals surface area contributed by atoms with Gasteiger partial charge in [0.15, 0.2) is 0 Å². The molecular formula is C22H33NO5. The van der Waals surface area contributed by atoms with Crippen molar-refractivity contribution in [3.8, 4) is 5.75 Å². The van der Waals surface area contributed by atoms with Gasteiger partial charge in [-0.25, -0.2) is 4.79 Å². The maximum atomic E-state index is 12.6. The summed E-state index contributed by atoms with van der Waals surface area (Å²) in [5.74, 6) is 0.553. The van der Waals surface area contributed by atoms with Crippen molar-refractivity contribution in [1.82, 2.24) is 4.90 Å². The highest BCUT2D eigenvalue weighted by Gasteiger charge is 2.34. The number of piperidine rings is 1. The Morgan fingerprint density at radius 3 is 2.46 bits per heavy atom. The Morgan fingerprint density at radius 1 is 1.21 bits per heavy atom. The SMILES string of the molecule is CCOC(=O)C(Cc1cccc(OC)c1)C1CCN(C(=O)OC(C)(C)C)CC1. The Balaban J connectivity index is 2.04. The van der Waals surface area contributed by atoms with Crippen LogP contribution in [0, 0.1) is 11.8 Å². The molecule has 1 fully saturated rings. The molecule has 28 heavy (non-hydrogen) atoms. The highest BCUT2D eigenvalue weighted by molar-refractivity contribution is 5.73. The smallest absolute Gasteiger partial charge is 0.410 e. The molecule has 0 N–H and O–H groups in total. The average molecular weight is 392 g/mol. The van der Waals surface area contributed by atoms with Gasteiger partial charge in [-0.3, -0.25) is 4.79 Å². The molecule has 0 saturated carbocycles. The van der Waals surface area contributed by atoms with Crippen LogP contribution in [0.2, 0.25) is 0 Å². The van der Waals surface area contributed by atoms with Crippen LogP contribution in [-0.4, -0.2) is 49.4 Å². The molecular weight excluding hydrogens is 358 g/mol. The third-order valence-electron chi connectivity index (χ3n) is 4.94. The van der Waals surface area contributed by atoms with Crippen molar-refractivity contribution in [3.05, 3.63) is 29.8 Å².